The summed E-state index contributed by atoms with van der Waals surface area (Å²) in [5, 5.41) is 9.63. The maximum Gasteiger partial charge on any atom is 0.349 e. The largest absolute Gasteiger partial charge is 0.478 e. The minimum Gasteiger partial charge on any atom is -0.478 e. The van der Waals surface area contributed by atoms with E-state index in [1.165, 1.54) is 5.56 Å². The van der Waals surface area contributed by atoms with E-state index in [1.807, 2.05) is 24.3 Å². The second kappa shape index (κ2) is 7.39. The predicted octanol–water partition coefficient (Wildman–Crippen LogP) is 5.51. The van der Waals surface area contributed by atoms with Crippen LogP contribution >= 0.6 is 15.9 Å². The van der Waals surface area contributed by atoms with Gasteiger partial charge in [-0.05, 0) is 39.4 Å². The van der Waals surface area contributed by atoms with Crippen molar-refractivity contribution in [3.05, 3.63) is 63.6 Å². The molecule has 0 heterocycles. The van der Waals surface area contributed by atoms with E-state index in [0.29, 0.717) is 11.3 Å². The Hall–Kier alpha value is -1.81. The second-order valence-corrected chi connectivity index (χ2v) is 7.66. The Bertz CT molecular complexity index is 718. The van der Waals surface area contributed by atoms with Crippen LogP contribution < -0.4 is 4.74 Å². The lowest BCUT2D eigenvalue weighted by atomic mass is 9.85. The monoisotopic (exact) mass is 390 g/mol. The highest BCUT2D eigenvalue weighted by atomic mass is 79.9. The zero-order valence-corrected chi connectivity index (χ0v) is 16.1. The first-order valence-corrected chi connectivity index (χ1v) is 8.80. The molecule has 128 valence electrons. The fourth-order valence-electron chi connectivity index (χ4n) is 2.54. The number of ether oxygens (including phenoxy) is 1. The molecule has 0 spiro atoms. The van der Waals surface area contributed by atoms with Crippen molar-refractivity contribution in [1.82, 2.24) is 0 Å². The van der Waals surface area contributed by atoms with Crippen molar-refractivity contribution in [2.45, 2.75) is 45.6 Å². The molecule has 24 heavy (non-hydrogen) atoms. The molecule has 2 aromatic carbocycles. The van der Waals surface area contributed by atoms with Crippen molar-refractivity contribution in [3.63, 3.8) is 0 Å². The Labute approximate surface area is 151 Å². The van der Waals surface area contributed by atoms with Crippen LogP contribution in [0.3, 0.4) is 0 Å². The highest BCUT2D eigenvalue weighted by molar-refractivity contribution is 9.10. The number of carbonyl (C=O) groups is 1. The van der Waals surface area contributed by atoms with Gasteiger partial charge in [-0.15, -0.1) is 0 Å². The van der Waals surface area contributed by atoms with Gasteiger partial charge in [0.25, 0.3) is 0 Å². The van der Waals surface area contributed by atoms with Crippen LogP contribution in [0.15, 0.2) is 46.9 Å². The van der Waals surface area contributed by atoms with Gasteiger partial charge in [0.1, 0.15) is 5.75 Å². The van der Waals surface area contributed by atoms with Crippen molar-refractivity contribution in [2.75, 3.05) is 0 Å². The number of halogens is 1. The van der Waals surface area contributed by atoms with E-state index < -0.39 is 12.1 Å². The molecular weight excluding hydrogens is 368 g/mol. The standard InChI is InChI=1S/C20H23BrO3/c1-5-13-11-15(20(2,3)4)18(16(21)12-13)24-17(19(22)23)14-9-7-6-8-10-14/h6-12,17H,5H2,1-4H3,(H,22,23). The molecule has 1 unspecified atom stereocenters. The van der Waals surface area contributed by atoms with Crippen LogP contribution in [-0.4, -0.2) is 11.1 Å². The number of hydrogen-bond acceptors (Lipinski definition) is 2. The second-order valence-electron chi connectivity index (χ2n) is 6.80. The number of carboxylic acids is 1. The zero-order valence-electron chi connectivity index (χ0n) is 14.5. The molecule has 0 aliphatic carbocycles. The maximum atomic E-state index is 11.8. The third-order valence-corrected chi connectivity index (χ3v) is 4.47. The first-order chi connectivity index (χ1) is 11.2. The van der Waals surface area contributed by atoms with Crippen LogP contribution in [-0.2, 0) is 16.6 Å². The molecule has 0 bridgehead atoms. The van der Waals surface area contributed by atoms with Crippen LogP contribution in [0.25, 0.3) is 0 Å². The van der Waals surface area contributed by atoms with E-state index in [-0.39, 0.29) is 5.41 Å². The van der Waals surface area contributed by atoms with Crippen molar-refractivity contribution in [3.8, 4) is 5.75 Å². The molecule has 0 saturated heterocycles. The molecule has 0 fully saturated rings. The van der Waals surface area contributed by atoms with Crippen LogP contribution in [0.4, 0.5) is 0 Å². The van der Waals surface area contributed by atoms with Gasteiger partial charge in [0.2, 0.25) is 6.10 Å². The third kappa shape index (κ3) is 4.18. The number of carboxylic acid groups (broad SMARTS) is 1. The summed E-state index contributed by atoms with van der Waals surface area (Å²) >= 11 is 3.56. The van der Waals surface area contributed by atoms with E-state index in [1.54, 1.807) is 12.1 Å². The first kappa shape index (κ1) is 18.5. The van der Waals surface area contributed by atoms with Crippen molar-refractivity contribution < 1.29 is 14.6 Å². The van der Waals surface area contributed by atoms with Gasteiger partial charge in [0.05, 0.1) is 4.47 Å². The Kier molecular flexibility index (Phi) is 5.70. The fourth-order valence-corrected chi connectivity index (χ4v) is 3.14. The Morgan fingerprint density at radius 2 is 1.83 bits per heavy atom. The summed E-state index contributed by atoms with van der Waals surface area (Å²) in [6, 6.07) is 13.1. The normalized spacial score (nSPS) is 12.7. The molecule has 0 saturated carbocycles. The molecular formula is C20H23BrO3. The van der Waals surface area contributed by atoms with Gasteiger partial charge in [-0.25, -0.2) is 4.79 Å². The number of aliphatic carboxylic acids is 1. The maximum absolute atomic E-state index is 11.8. The van der Waals surface area contributed by atoms with Crippen molar-refractivity contribution in [1.29, 1.82) is 0 Å². The van der Waals surface area contributed by atoms with E-state index >= 15 is 0 Å². The number of benzene rings is 2. The predicted molar refractivity (Wildman–Crippen MR) is 99.7 cm³/mol. The molecule has 1 atom stereocenters. The lowest BCUT2D eigenvalue weighted by molar-refractivity contribution is -0.145. The topological polar surface area (TPSA) is 46.5 Å². The van der Waals surface area contributed by atoms with E-state index in [0.717, 1.165) is 16.5 Å². The first-order valence-electron chi connectivity index (χ1n) is 8.01. The summed E-state index contributed by atoms with van der Waals surface area (Å²) in [4.78, 5) is 11.8. The summed E-state index contributed by atoms with van der Waals surface area (Å²) in [7, 11) is 0. The fraction of sp³-hybridized carbons (Fsp3) is 0.350. The van der Waals surface area contributed by atoms with Gasteiger partial charge in [0, 0.05) is 11.1 Å². The Morgan fingerprint density at radius 1 is 1.21 bits per heavy atom. The third-order valence-electron chi connectivity index (χ3n) is 3.88. The molecule has 2 aromatic rings. The summed E-state index contributed by atoms with van der Waals surface area (Å²) in [6.07, 6.45) is -0.140. The SMILES string of the molecule is CCc1cc(Br)c(OC(C(=O)O)c2ccccc2)c(C(C)(C)C)c1. The van der Waals surface area contributed by atoms with Gasteiger partial charge < -0.3 is 9.84 Å². The average molecular weight is 391 g/mol. The van der Waals surface area contributed by atoms with Gasteiger partial charge in [0.15, 0.2) is 0 Å². The van der Waals surface area contributed by atoms with Crippen molar-refractivity contribution in [2.24, 2.45) is 0 Å². The lowest BCUT2D eigenvalue weighted by Crippen LogP contribution is -2.21. The highest BCUT2D eigenvalue weighted by Gasteiger charge is 2.28. The molecule has 1 N–H and O–H groups in total. The van der Waals surface area contributed by atoms with Gasteiger partial charge in [-0.3, -0.25) is 0 Å². The lowest BCUT2D eigenvalue weighted by Gasteiger charge is -2.27. The quantitative estimate of drug-likeness (QED) is 0.731. The summed E-state index contributed by atoms with van der Waals surface area (Å²) in [5.74, 6) is -0.413. The van der Waals surface area contributed by atoms with Gasteiger partial charge in [-0.1, -0.05) is 64.1 Å². The minimum absolute atomic E-state index is 0.164. The van der Waals surface area contributed by atoms with Gasteiger partial charge >= 0.3 is 5.97 Å². The zero-order chi connectivity index (χ0) is 17.9. The van der Waals surface area contributed by atoms with Crippen molar-refractivity contribution >= 4 is 21.9 Å². The summed E-state index contributed by atoms with van der Waals surface area (Å²) < 4.78 is 6.79. The van der Waals surface area contributed by atoms with Crippen LogP contribution in [0.1, 0.15) is 50.5 Å². The molecule has 0 radical (unpaired) electrons. The molecule has 4 heteroatoms. The smallest absolute Gasteiger partial charge is 0.349 e. The molecule has 0 aliphatic rings. The van der Waals surface area contributed by atoms with Crippen LogP contribution in [0.2, 0.25) is 0 Å². The molecule has 0 aliphatic heterocycles. The average Bonchev–Trinajstić information content (AvgIpc) is 2.52. The molecule has 0 amide bonds. The molecule has 0 aromatic heterocycles. The highest BCUT2D eigenvalue weighted by Crippen LogP contribution is 2.40. The van der Waals surface area contributed by atoms with E-state index in [2.05, 4.69) is 49.7 Å². The summed E-state index contributed by atoms with van der Waals surface area (Å²) in [6.45, 7) is 8.39. The number of rotatable bonds is 5. The Morgan fingerprint density at radius 3 is 2.33 bits per heavy atom. The van der Waals surface area contributed by atoms with Crippen LogP contribution in [0, 0.1) is 0 Å². The number of aryl methyl sites for hydroxylation is 1. The van der Waals surface area contributed by atoms with E-state index in [4.69, 9.17) is 4.74 Å². The molecule has 2 rings (SSSR count). The van der Waals surface area contributed by atoms with Crippen LogP contribution in [0.5, 0.6) is 5.75 Å². The van der Waals surface area contributed by atoms with E-state index in [9.17, 15) is 9.90 Å². The minimum atomic E-state index is -1.05. The summed E-state index contributed by atoms with van der Waals surface area (Å²) in [5.41, 5.74) is 2.64. The molecule has 3 nitrogen and oxygen atoms in total. The van der Waals surface area contributed by atoms with Gasteiger partial charge in [-0.2, -0.15) is 0 Å². The number of hydrogen-bond donors (Lipinski definition) is 1. The Balaban J connectivity index is 2.53.